The molecule has 1 fully saturated rings. The van der Waals surface area contributed by atoms with Crippen LogP contribution in [0.3, 0.4) is 0 Å². The van der Waals surface area contributed by atoms with Gasteiger partial charge in [-0.25, -0.2) is 0 Å². The summed E-state index contributed by atoms with van der Waals surface area (Å²) in [6.45, 7) is 3.34. The lowest BCUT2D eigenvalue weighted by Gasteiger charge is -2.24. The van der Waals surface area contributed by atoms with E-state index < -0.39 is 0 Å². The van der Waals surface area contributed by atoms with Crippen LogP contribution in [0.4, 0.5) is 0 Å². The Hall–Kier alpha value is 0.220. The summed E-state index contributed by atoms with van der Waals surface area (Å²) in [6.07, 6.45) is 8.97. The van der Waals surface area contributed by atoms with Crippen LogP contribution >= 0.6 is 34.9 Å². The summed E-state index contributed by atoms with van der Waals surface area (Å²) in [7, 11) is 0. The van der Waals surface area contributed by atoms with E-state index in [1.54, 1.807) is 23.1 Å². The van der Waals surface area contributed by atoms with E-state index in [4.69, 9.17) is 0 Å². The summed E-state index contributed by atoms with van der Waals surface area (Å²) in [6, 6.07) is 0.748. The minimum absolute atomic E-state index is 0.564. The van der Waals surface area contributed by atoms with Gasteiger partial charge < -0.3 is 5.32 Å². The van der Waals surface area contributed by atoms with Gasteiger partial charge in [0.15, 0.2) is 8.68 Å². The fourth-order valence-electron chi connectivity index (χ4n) is 2.18. The molecule has 1 atom stereocenters. The third-order valence-electron chi connectivity index (χ3n) is 3.16. The van der Waals surface area contributed by atoms with Crippen LogP contribution in [-0.4, -0.2) is 34.3 Å². The van der Waals surface area contributed by atoms with Crippen LogP contribution in [0.25, 0.3) is 0 Å². The fraction of sp³-hybridized carbons (Fsp3) is 0.833. The first-order chi connectivity index (χ1) is 8.78. The van der Waals surface area contributed by atoms with E-state index in [-0.39, 0.29) is 0 Å². The molecule has 2 rings (SSSR count). The van der Waals surface area contributed by atoms with Crippen molar-refractivity contribution in [2.45, 2.75) is 59.0 Å². The molecule has 3 nitrogen and oxygen atoms in total. The van der Waals surface area contributed by atoms with Gasteiger partial charge in [-0.1, -0.05) is 61.0 Å². The molecule has 0 aromatic carbocycles. The van der Waals surface area contributed by atoms with Crippen LogP contribution < -0.4 is 5.32 Å². The first-order valence-electron chi connectivity index (χ1n) is 6.55. The molecular weight excluding hydrogens is 282 g/mol. The highest BCUT2D eigenvalue weighted by atomic mass is 32.2. The third-order valence-corrected chi connectivity index (χ3v) is 6.25. The molecule has 0 aliphatic heterocycles. The van der Waals surface area contributed by atoms with Crippen molar-refractivity contribution in [3.63, 3.8) is 0 Å². The van der Waals surface area contributed by atoms with Gasteiger partial charge in [-0.15, -0.1) is 10.2 Å². The van der Waals surface area contributed by atoms with E-state index in [0.29, 0.717) is 5.25 Å². The molecule has 0 spiro atoms. The fourth-order valence-corrected chi connectivity index (χ4v) is 4.88. The number of nitrogens with zero attached hydrogens (tertiary/aromatic N) is 2. The number of thioether (sulfide) groups is 2. The Morgan fingerprint density at radius 2 is 2.00 bits per heavy atom. The van der Waals surface area contributed by atoms with Crippen molar-refractivity contribution in [3.05, 3.63) is 0 Å². The molecule has 102 valence electrons. The zero-order valence-electron chi connectivity index (χ0n) is 11.0. The van der Waals surface area contributed by atoms with Gasteiger partial charge in [-0.05, 0) is 19.1 Å². The van der Waals surface area contributed by atoms with E-state index >= 15 is 0 Å². The molecule has 1 saturated carbocycles. The predicted molar refractivity (Wildman–Crippen MR) is 81.9 cm³/mol. The molecule has 1 aromatic rings. The predicted octanol–water partition coefficient (Wildman–Crippen LogP) is 3.66. The number of hydrogen-bond donors (Lipinski definition) is 1. The van der Waals surface area contributed by atoms with Crippen LogP contribution in [0.15, 0.2) is 8.68 Å². The van der Waals surface area contributed by atoms with Gasteiger partial charge in [0.05, 0.1) is 0 Å². The monoisotopic (exact) mass is 303 g/mol. The molecule has 18 heavy (non-hydrogen) atoms. The Labute approximate surface area is 122 Å². The number of hydrogen-bond acceptors (Lipinski definition) is 6. The maximum absolute atomic E-state index is 4.20. The van der Waals surface area contributed by atoms with Crippen molar-refractivity contribution in [1.29, 1.82) is 0 Å². The van der Waals surface area contributed by atoms with Crippen molar-refractivity contribution in [3.8, 4) is 0 Å². The minimum Gasteiger partial charge on any atom is -0.313 e. The van der Waals surface area contributed by atoms with Crippen molar-refractivity contribution >= 4 is 34.9 Å². The average molecular weight is 304 g/mol. The highest BCUT2D eigenvalue weighted by Crippen LogP contribution is 2.30. The lowest BCUT2D eigenvalue weighted by molar-refractivity contribution is 0.375. The lowest BCUT2D eigenvalue weighted by atomic mass is 9.95. The van der Waals surface area contributed by atoms with Crippen LogP contribution in [0.1, 0.15) is 39.0 Å². The van der Waals surface area contributed by atoms with Gasteiger partial charge in [0.25, 0.3) is 0 Å². The van der Waals surface area contributed by atoms with Gasteiger partial charge in [-0.2, -0.15) is 0 Å². The normalized spacial score (nSPS) is 19.0. The summed E-state index contributed by atoms with van der Waals surface area (Å²) in [5, 5.41) is 12.6. The largest absolute Gasteiger partial charge is 0.313 e. The van der Waals surface area contributed by atoms with Crippen LogP contribution in [0.2, 0.25) is 0 Å². The van der Waals surface area contributed by atoms with Crippen molar-refractivity contribution < 1.29 is 0 Å². The lowest BCUT2D eigenvalue weighted by Crippen LogP contribution is -2.35. The number of aromatic nitrogens is 2. The molecule has 0 saturated heterocycles. The quantitative estimate of drug-likeness (QED) is 0.812. The summed E-state index contributed by atoms with van der Waals surface area (Å²) in [5.74, 6) is 0. The minimum atomic E-state index is 0.564. The smallest absolute Gasteiger partial charge is 0.175 e. The van der Waals surface area contributed by atoms with Crippen molar-refractivity contribution in [2.75, 3.05) is 12.8 Å². The highest BCUT2D eigenvalue weighted by molar-refractivity contribution is 8.03. The van der Waals surface area contributed by atoms with E-state index in [2.05, 4.69) is 22.4 Å². The van der Waals surface area contributed by atoms with E-state index in [9.17, 15) is 0 Å². The van der Waals surface area contributed by atoms with E-state index in [1.807, 2.05) is 18.0 Å². The molecular formula is C12H21N3S3. The number of nitrogens with one attached hydrogen (secondary N) is 1. The number of rotatable bonds is 6. The molecule has 1 aromatic heterocycles. The average Bonchev–Trinajstić information content (AvgIpc) is 2.85. The van der Waals surface area contributed by atoms with Gasteiger partial charge in [0.2, 0.25) is 0 Å². The third kappa shape index (κ3) is 4.72. The van der Waals surface area contributed by atoms with Crippen molar-refractivity contribution in [1.82, 2.24) is 15.5 Å². The summed E-state index contributed by atoms with van der Waals surface area (Å²) in [4.78, 5) is 0. The maximum atomic E-state index is 4.20. The molecule has 1 aliphatic rings. The Morgan fingerprint density at radius 3 is 2.67 bits per heavy atom. The highest BCUT2D eigenvalue weighted by Gasteiger charge is 2.15. The van der Waals surface area contributed by atoms with E-state index in [0.717, 1.165) is 21.3 Å². The van der Waals surface area contributed by atoms with Crippen molar-refractivity contribution in [2.24, 2.45) is 0 Å². The molecule has 1 aliphatic carbocycles. The Kier molecular flexibility index (Phi) is 6.28. The second kappa shape index (κ2) is 7.72. The standard InChI is InChI=1S/C12H21N3S3/c1-9(8-13-10-6-4-3-5-7-10)17-12-15-14-11(16-2)18-12/h9-10,13H,3-8H2,1-2H3. The Morgan fingerprint density at radius 1 is 1.28 bits per heavy atom. The second-order valence-corrected chi connectivity index (χ2v) is 8.43. The summed E-state index contributed by atoms with van der Waals surface area (Å²) < 4.78 is 2.15. The topological polar surface area (TPSA) is 37.8 Å². The molecule has 6 heteroatoms. The second-order valence-electron chi connectivity index (χ2n) is 4.71. The maximum Gasteiger partial charge on any atom is 0.175 e. The SMILES string of the molecule is CSc1nnc(SC(C)CNC2CCCCC2)s1. The zero-order chi connectivity index (χ0) is 12.8. The molecule has 0 amide bonds. The first kappa shape index (κ1) is 14.6. The Balaban J connectivity index is 1.69. The molecule has 1 unspecified atom stereocenters. The molecule has 1 heterocycles. The van der Waals surface area contributed by atoms with Crippen LogP contribution in [0, 0.1) is 0 Å². The zero-order valence-corrected chi connectivity index (χ0v) is 13.5. The van der Waals surface area contributed by atoms with Crippen LogP contribution in [0.5, 0.6) is 0 Å². The van der Waals surface area contributed by atoms with Gasteiger partial charge in [0, 0.05) is 17.8 Å². The van der Waals surface area contributed by atoms with E-state index in [1.165, 1.54) is 32.1 Å². The molecule has 0 bridgehead atoms. The molecule has 1 N–H and O–H groups in total. The Bertz CT molecular complexity index is 350. The summed E-state index contributed by atoms with van der Waals surface area (Å²) >= 11 is 5.20. The van der Waals surface area contributed by atoms with Gasteiger partial charge in [0.1, 0.15) is 0 Å². The van der Waals surface area contributed by atoms with Gasteiger partial charge in [-0.3, -0.25) is 0 Å². The molecule has 0 radical (unpaired) electrons. The van der Waals surface area contributed by atoms with Gasteiger partial charge >= 0.3 is 0 Å². The first-order valence-corrected chi connectivity index (χ1v) is 9.47. The van der Waals surface area contributed by atoms with Crippen LogP contribution in [-0.2, 0) is 0 Å². The summed E-state index contributed by atoms with van der Waals surface area (Å²) in [5.41, 5.74) is 0.